The quantitative estimate of drug-likeness (QED) is 0.823. The Kier molecular flexibility index (Phi) is 5.37. The van der Waals surface area contributed by atoms with E-state index in [1.165, 1.54) is 12.8 Å². The molecule has 0 bridgehead atoms. The second-order valence-corrected chi connectivity index (χ2v) is 7.71. The highest BCUT2D eigenvalue weighted by atomic mass is 16.2. The molecule has 3 unspecified atom stereocenters. The molecule has 0 aromatic heterocycles. The van der Waals surface area contributed by atoms with E-state index in [9.17, 15) is 4.79 Å². The number of nitrogens with one attached hydrogen (secondary N) is 1. The molecule has 0 aromatic carbocycles. The van der Waals surface area contributed by atoms with Gasteiger partial charge in [-0.3, -0.25) is 14.6 Å². The van der Waals surface area contributed by atoms with Gasteiger partial charge in [0.2, 0.25) is 5.91 Å². The fourth-order valence-corrected chi connectivity index (χ4v) is 4.46. The molecule has 1 N–H and O–H groups in total. The fourth-order valence-electron chi connectivity index (χ4n) is 4.46. The van der Waals surface area contributed by atoms with Crippen molar-refractivity contribution < 1.29 is 4.79 Å². The first-order chi connectivity index (χ1) is 10.6. The molecule has 0 aromatic rings. The molecular formula is C17H32N4O. The molecular weight excluding hydrogens is 276 g/mol. The van der Waals surface area contributed by atoms with Crippen LogP contribution in [0.4, 0.5) is 0 Å². The molecule has 5 nitrogen and oxygen atoms in total. The summed E-state index contributed by atoms with van der Waals surface area (Å²) in [6.45, 7) is 13.8. The van der Waals surface area contributed by atoms with Crippen LogP contribution in [0.25, 0.3) is 0 Å². The molecule has 0 radical (unpaired) electrons. The van der Waals surface area contributed by atoms with Gasteiger partial charge < -0.3 is 10.2 Å². The average molecular weight is 308 g/mol. The maximum Gasteiger partial charge on any atom is 0.236 e. The van der Waals surface area contributed by atoms with Gasteiger partial charge in [0.15, 0.2) is 0 Å². The standard InChI is InChI=1S/C17H32N4O/c1-14-9-15(2)11-21(10-14)17(22)13-19-6-3-16(12-19)20-7-4-18-5-8-20/h14-16,18H,3-13H2,1-2H3. The van der Waals surface area contributed by atoms with Gasteiger partial charge in [-0.15, -0.1) is 0 Å². The first-order valence-corrected chi connectivity index (χ1v) is 9.06. The number of hydrogen-bond acceptors (Lipinski definition) is 4. The molecule has 5 heteroatoms. The number of likely N-dealkylation sites (tertiary alicyclic amines) is 2. The third-order valence-electron chi connectivity index (χ3n) is 5.50. The third-order valence-corrected chi connectivity index (χ3v) is 5.50. The molecule has 126 valence electrons. The van der Waals surface area contributed by atoms with Gasteiger partial charge in [0.1, 0.15) is 0 Å². The second-order valence-electron chi connectivity index (χ2n) is 7.71. The van der Waals surface area contributed by atoms with Crippen molar-refractivity contribution in [1.29, 1.82) is 0 Å². The highest BCUT2D eigenvalue weighted by Gasteiger charge is 2.31. The zero-order chi connectivity index (χ0) is 15.5. The lowest BCUT2D eigenvalue weighted by Gasteiger charge is -2.36. The molecule has 0 saturated carbocycles. The molecule has 3 fully saturated rings. The number of nitrogens with zero attached hydrogens (tertiary/aromatic N) is 3. The number of hydrogen-bond donors (Lipinski definition) is 1. The van der Waals surface area contributed by atoms with Crippen molar-refractivity contribution in [2.75, 3.05) is 58.9 Å². The SMILES string of the molecule is CC1CC(C)CN(C(=O)CN2CCC(N3CCNCC3)C2)C1. The Bertz CT molecular complexity index is 373. The molecule has 1 amide bonds. The van der Waals surface area contributed by atoms with Crippen LogP contribution in [0.1, 0.15) is 26.7 Å². The molecule has 3 aliphatic rings. The summed E-state index contributed by atoms with van der Waals surface area (Å²) in [5.74, 6) is 1.65. The van der Waals surface area contributed by atoms with Crippen LogP contribution >= 0.6 is 0 Å². The van der Waals surface area contributed by atoms with E-state index >= 15 is 0 Å². The number of piperidine rings is 1. The molecule has 3 heterocycles. The van der Waals surface area contributed by atoms with Crippen LogP contribution in [0.3, 0.4) is 0 Å². The first-order valence-electron chi connectivity index (χ1n) is 9.06. The van der Waals surface area contributed by atoms with Gasteiger partial charge in [0, 0.05) is 58.4 Å². The highest BCUT2D eigenvalue weighted by molar-refractivity contribution is 5.78. The molecule has 3 aliphatic heterocycles. The Balaban J connectivity index is 1.46. The average Bonchev–Trinajstić information content (AvgIpc) is 2.95. The minimum absolute atomic E-state index is 0.347. The molecule has 3 rings (SSSR count). The van der Waals surface area contributed by atoms with Crippen LogP contribution in [0.2, 0.25) is 0 Å². The summed E-state index contributed by atoms with van der Waals surface area (Å²) in [6, 6.07) is 0.661. The van der Waals surface area contributed by atoms with E-state index in [2.05, 4.69) is 33.9 Å². The van der Waals surface area contributed by atoms with Gasteiger partial charge in [-0.1, -0.05) is 13.8 Å². The smallest absolute Gasteiger partial charge is 0.236 e. The lowest BCUT2D eigenvalue weighted by molar-refractivity contribution is -0.134. The van der Waals surface area contributed by atoms with Crippen LogP contribution < -0.4 is 5.32 Å². The zero-order valence-electron chi connectivity index (χ0n) is 14.3. The van der Waals surface area contributed by atoms with Crippen molar-refractivity contribution in [1.82, 2.24) is 20.0 Å². The van der Waals surface area contributed by atoms with Crippen molar-refractivity contribution >= 4 is 5.91 Å². The minimum atomic E-state index is 0.347. The van der Waals surface area contributed by atoms with E-state index in [0.717, 1.165) is 52.4 Å². The van der Waals surface area contributed by atoms with Crippen molar-refractivity contribution in [3.63, 3.8) is 0 Å². The number of rotatable bonds is 3. The van der Waals surface area contributed by atoms with E-state index in [4.69, 9.17) is 0 Å². The summed E-state index contributed by atoms with van der Waals surface area (Å²) in [5, 5.41) is 3.42. The first kappa shape index (κ1) is 16.2. The fraction of sp³-hybridized carbons (Fsp3) is 0.941. The predicted molar refractivity (Wildman–Crippen MR) is 88.8 cm³/mol. The van der Waals surface area contributed by atoms with Crippen LogP contribution in [0, 0.1) is 11.8 Å². The summed E-state index contributed by atoms with van der Waals surface area (Å²) in [6.07, 6.45) is 2.48. The Morgan fingerprint density at radius 2 is 1.73 bits per heavy atom. The third kappa shape index (κ3) is 4.00. The Labute approximate surface area is 135 Å². The maximum absolute atomic E-state index is 12.6. The van der Waals surface area contributed by atoms with Crippen LogP contribution in [0.15, 0.2) is 0 Å². The Hall–Kier alpha value is -0.650. The molecule has 3 saturated heterocycles. The molecule has 3 atom stereocenters. The molecule has 22 heavy (non-hydrogen) atoms. The molecule has 0 aliphatic carbocycles. The van der Waals surface area contributed by atoms with Gasteiger partial charge in [-0.25, -0.2) is 0 Å². The van der Waals surface area contributed by atoms with Gasteiger partial charge in [0.05, 0.1) is 6.54 Å². The number of amides is 1. The summed E-state index contributed by atoms with van der Waals surface area (Å²) >= 11 is 0. The van der Waals surface area contributed by atoms with Crippen LogP contribution in [0.5, 0.6) is 0 Å². The van der Waals surface area contributed by atoms with E-state index < -0.39 is 0 Å². The van der Waals surface area contributed by atoms with E-state index in [1.54, 1.807) is 0 Å². The lowest BCUT2D eigenvalue weighted by atomic mass is 9.92. The normalized spacial score (nSPS) is 35.0. The summed E-state index contributed by atoms with van der Waals surface area (Å²) in [4.78, 5) is 19.7. The van der Waals surface area contributed by atoms with E-state index in [0.29, 0.717) is 30.3 Å². The highest BCUT2D eigenvalue weighted by Crippen LogP contribution is 2.22. The maximum atomic E-state index is 12.6. The van der Waals surface area contributed by atoms with E-state index in [1.807, 2.05) is 0 Å². The zero-order valence-corrected chi connectivity index (χ0v) is 14.3. The predicted octanol–water partition coefficient (Wildman–Crippen LogP) is 0.470. The summed E-state index contributed by atoms with van der Waals surface area (Å²) in [5.41, 5.74) is 0. The Morgan fingerprint density at radius 1 is 1.05 bits per heavy atom. The molecule has 0 spiro atoms. The van der Waals surface area contributed by atoms with E-state index in [-0.39, 0.29) is 0 Å². The van der Waals surface area contributed by atoms with Crippen LogP contribution in [-0.2, 0) is 4.79 Å². The summed E-state index contributed by atoms with van der Waals surface area (Å²) in [7, 11) is 0. The summed E-state index contributed by atoms with van der Waals surface area (Å²) < 4.78 is 0. The Morgan fingerprint density at radius 3 is 2.41 bits per heavy atom. The minimum Gasteiger partial charge on any atom is -0.341 e. The largest absolute Gasteiger partial charge is 0.341 e. The van der Waals surface area contributed by atoms with Crippen molar-refractivity contribution in [3.05, 3.63) is 0 Å². The van der Waals surface area contributed by atoms with Gasteiger partial charge in [0.25, 0.3) is 0 Å². The number of carbonyl (C=O) groups is 1. The van der Waals surface area contributed by atoms with Gasteiger partial charge >= 0.3 is 0 Å². The van der Waals surface area contributed by atoms with Crippen LogP contribution in [-0.4, -0.2) is 85.6 Å². The number of piperazine rings is 1. The van der Waals surface area contributed by atoms with Crippen molar-refractivity contribution in [3.8, 4) is 0 Å². The van der Waals surface area contributed by atoms with Gasteiger partial charge in [-0.05, 0) is 24.7 Å². The lowest BCUT2D eigenvalue weighted by Crippen LogP contribution is -2.50. The number of carbonyl (C=O) groups excluding carboxylic acids is 1. The van der Waals surface area contributed by atoms with Crippen molar-refractivity contribution in [2.24, 2.45) is 11.8 Å². The van der Waals surface area contributed by atoms with Gasteiger partial charge in [-0.2, -0.15) is 0 Å². The second kappa shape index (κ2) is 7.28. The van der Waals surface area contributed by atoms with Crippen molar-refractivity contribution in [2.45, 2.75) is 32.7 Å². The topological polar surface area (TPSA) is 38.8 Å². The monoisotopic (exact) mass is 308 g/mol.